The summed E-state index contributed by atoms with van der Waals surface area (Å²) in [6.07, 6.45) is 0. The molecule has 0 spiro atoms. The first-order valence-electron chi connectivity index (χ1n) is 9.29. The minimum absolute atomic E-state index is 0.0596. The van der Waals surface area contributed by atoms with E-state index in [0.29, 0.717) is 31.1 Å². The van der Waals surface area contributed by atoms with E-state index in [9.17, 15) is 24.3 Å². The van der Waals surface area contributed by atoms with Gasteiger partial charge in [0, 0.05) is 31.6 Å². The van der Waals surface area contributed by atoms with Crippen molar-refractivity contribution < 1.29 is 19.5 Å². The number of carbonyl (C=O) groups is 3. The minimum Gasteiger partial charge on any atom is -0.476 e. The lowest BCUT2D eigenvalue weighted by molar-refractivity contribution is -0.133. The average molecular weight is 426 g/mol. The van der Waals surface area contributed by atoms with Crippen molar-refractivity contribution in [1.29, 1.82) is 0 Å². The van der Waals surface area contributed by atoms with Gasteiger partial charge in [-0.25, -0.2) is 9.48 Å². The minimum atomic E-state index is -1.27. The maximum absolute atomic E-state index is 12.7. The van der Waals surface area contributed by atoms with Crippen LogP contribution in [0.1, 0.15) is 20.2 Å². The summed E-state index contributed by atoms with van der Waals surface area (Å²) < 4.78 is 0.900. The van der Waals surface area contributed by atoms with Gasteiger partial charge in [-0.1, -0.05) is 24.3 Å². The number of aromatic carboxylic acids is 1. The number of rotatable bonds is 4. The van der Waals surface area contributed by atoms with Gasteiger partial charge < -0.3 is 14.9 Å². The molecular formula is C20H18N4O5S. The van der Waals surface area contributed by atoms with E-state index in [1.807, 2.05) is 11.4 Å². The van der Waals surface area contributed by atoms with E-state index in [4.69, 9.17) is 0 Å². The zero-order chi connectivity index (χ0) is 21.3. The van der Waals surface area contributed by atoms with Crippen LogP contribution in [-0.2, 0) is 11.3 Å². The number of fused-ring (bicyclic) bond motifs is 1. The van der Waals surface area contributed by atoms with Gasteiger partial charge in [0.1, 0.15) is 6.54 Å². The predicted molar refractivity (Wildman–Crippen MR) is 110 cm³/mol. The van der Waals surface area contributed by atoms with Gasteiger partial charge in [-0.2, -0.15) is 5.10 Å². The topological polar surface area (TPSA) is 113 Å². The number of piperazine rings is 1. The van der Waals surface area contributed by atoms with E-state index in [1.54, 1.807) is 28.0 Å². The average Bonchev–Trinajstić information content (AvgIpc) is 3.30. The number of aromatic nitrogens is 2. The Balaban J connectivity index is 1.49. The Bertz CT molecular complexity index is 1180. The number of hydrogen-bond acceptors (Lipinski definition) is 6. The number of carboxylic acid groups (broad SMARTS) is 1. The van der Waals surface area contributed by atoms with E-state index in [2.05, 4.69) is 5.10 Å². The van der Waals surface area contributed by atoms with Crippen molar-refractivity contribution in [2.45, 2.75) is 6.54 Å². The molecule has 9 nitrogen and oxygen atoms in total. The highest BCUT2D eigenvalue weighted by atomic mass is 32.1. The molecule has 1 aliphatic heterocycles. The van der Waals surface area contributed by atoms with Gasteiger partial charge in [0.15, 0.2) is 5.69 Å². The van der Waals surface area contributed by atoms with Crippen molar-refractivity contribution >= 4 is 39.9 Å². The largest absolute Gasteiger partial charge is 0.476 e. The maximum atomic E-state index is 12.7. The first kappa shape index (κ1) is 19.8. The fourth-order valence-corrected chi connectivity index (χ4v) is 4.13. The van der Waals surface area contributed by atoms with Crippen LogP contribution in [-0.4, -0.2) is 68.6 Å². The Morgan fingerprint density at radius 2 is 1.63 bits per heavy atom. The molecule has 3 aromatic rings. The SMILES string of the molecule is O=C(O)c1nn(CC(=O)N2CCN(C(=O)c3cccs3)CC2)c(=O)c2ccccc12. The van der Waals surface area contributed by atoms with Gasteiger partial charge in [-0.05, 0) is 17.5 Å². The second-order valence-electron chi connectivity index (χ2n) is 6.81. The van der Waals surface area contributed by atoms with Crippen molar-refractivity contribution in [3.63, 3.8) is 0 Å². The molecule has 1 saturated heterocycles. The number of amides is 2. The molecule has 30 heavy (non-hydrogen) atoms. The summed E-state index contributed by atoms with van der Waals surface area (Å²) in [5, 5.41) is 15.6. The van der Waals surface area contributed by atoms with Crippen LogP contribution in [0.15, 0.2) is 46.6 Å². The fraction of sp³-hybridized carbons (Fsp3) is 0.250. The molecule has 1 fully saturated rings. The summed E-state index contributed by atoms with van der Waals surface area (Å²) in [7, 11) is 0. The third-order valence-corrected chi connectivity index (χ3v) is 5.86. The third-order valence-electron chi connectivity index (χ3n) is 5.01. The molecular weight excluding hydrogens is 408 g/mol. The van der Waals surface area contributed by atoms with Crippen LogP contribution in [0.5, 0.6) is 0 Å². The highest BCUT2D eigenvalue weighted by Crippen LogP contribution is 2.15. The van der Waals surface area contributed by atoms with E-state index < -0.39 is 11.5 Å². The smallest absolute Gasteiger partial charge is 0.357 e. The van der Waals surface area contributed by atoms with E-state index in [0.717, 1.165) is 4.68 Å². The van der Waals surface area contributed by atoms with E-state index >= 15 is 0 Å². The summed E-state index contributed by atoms with van der Waals surface area (Å²) in [5.41, 5.74) is -0.792. The lowest BCUT2D eigenvalue weighted by Gasteiger charge is -2.34. The number of hydrogen-bond donors (Lipinski definition) is 1. The van der Waals surface area contributed by atoms with Crippen LogP contribution in [0, 0.1) is 0 Å². The molecule has 3 heterocycles. The Hall–Kier alpha value is -3.53. The quantitative estimate of drug-likeness (QED) is 0.670. The zero-order valence-electron chi connectivity index (χ0n) is 15.9. The van der Waals surface area contributed by atoms with Crippen molar-refractivity contribution in [2.75, 3.05) is 26.2 Å². The Labute approximate surface area is 174 Å². The van der Waals surface area contributed by atoms with Crippen molar-refractivity contribution in [1.82, 2.24) is 19.6 Å². The van der Waals surface area contributed by atoms with Gasteiger partial charge in [-0.15, -0.1) is 11.3 Å². The highest BCUT2D eigenvalue weighted by molar-refractivity contribution is 7.12. The molecule has 0 atom stereocenters. The molecule has 4 rings (SSSR count). The Morgan fingerprint density at radius 1 is 0.967 bits per heavy atom. The van der Waals surface area contributed by atoms with Crippen LogP contribution in [0.3, 0.4) is 0 Å². The van der Waals surface area contributed by atoms with Crippen LogP contribution in [0.4, 0.5) is 0 Å². The zero-order valence-corrected chi connectivity index (χ0v) is 16.7. The van der Waals surface area contributed by atoms with Crippen molar-refractivity contribution in [3.8, 4) is 0 Å². The predicted octanol–water partition coefficient (Wildman–Crippen LogP) is 1.14. The summed E-state index contributed by atoms with van der Waals surface area (Å²) in [6, 6.07) is 9.87. The standard InChI is InChI=1S/C20H18N4O5S/c25-16(22-7-9-23(10-8-22)19(27)15-6-3-11-30-15)12-24-18(26)14-5-2-1-4-13(14)17(21-24)20(28)29/h1-6,11H,7-10,12H2,(H,28,29). The van der Waals surface area contributed by atoms with E-state index in [-0.39, 0.29) is 34.8 Å². The molecule has 0 saturated carbocycles. The normalized spacial score (nSPS) is 14.1. The molecule has 0 bridgehead atoms. The fourth-order valence-electron chi connectivity index (χ4n) is 3.44. The Morgan fingerprint density at radius 3 is 2.27 bits per heavy atom. The van der Waals surface area contributed by atoms with Gasteiger partial charge in [-0.3, -0.25) is 14.4 Å². The molecule has 0 aliphatic carbocycles. The lowest BCUT2D eigenvalue weighted by atomic mass is 10.1. The summed E-state index contributed by atoms with van der Waals surface area (Å²) in [5.74, 6) is -1.68. The number of carbonyl (C=O) groups excluding carboxylic acids is 2. The molecule has 1 aromatic carbocycles. The number of carboxylic acids is 1. The monoisotopic (exact) mass is 426 g/mol. The summed E-state index contributed by atoms with van der Waals surface area (Å²) in [4.78, 5) is 53.3. The van der Waals surface area contributed by atoms with Crippen molar-refractivity contribution in [3.05, 3.63) is 62.7 Å². The number of nitrogens with zero attached hydrogens (tertiary/aromatic N) is 4. The van der Waals surface area contributed by atoms with Crippen LogP contribution >= 0.6 is 11.3 Å². The molecule has 1 N–H and O–H groups in total. The Kier molecular flexibility index (Phi) is 5.32. The van der Waals surface area contributed by atoms with Gasteiger partial charge in [0.05, 0.1) is 10.3 Å². The molecule has 2 aromatic heterocycles. The van der Waals surface area contributed by atoms with Crippen LogP contribution < -0.4 is 5.56 Å². The van der Waals surface area contributed by atoms with Crippen LogP contribution in [0.2, 0.25) is 0 Å². The third kappa shape index (κ3) is 3.69. The maximum Gasteiger partial charge on any atom is 0.357 e. The lowest BCUT2D eigenvalue weighted by Crippen LogP contribution is -2.51. The van der Waals surface area contributed by atoms with Gasteiger partial charge in [0.25, 0.3) is 11.5 Å². The second-order valence-corrected chi connectivity index (χ2v) is 7.76. The molecule has 0 radical (unpaired) electrons. The number of thiophene rings is 1. The van der Waals surface area contributed by atoms with Crippen LogP contribution in [0.25, 0.3) is 10.8 Å². The molecule has 154 valence electrons. The summed E-state index contributed by atoms with van der Waals surface area (Å²) in [6.45, 7) is 1.10. The number of benzene rings is 1. The molecule has 0 unspecified atom stereocenters. The molecule has 10 heteroatoms. The highest BCUT2D eigenvalue weighted by Gasteiger charge is 2.26. The first-order valence-corrected chi connectivity index (χ1v) is 10.2. The van der Waals surface area contributed by atoms with Gasteiger partial charge in [0.2, 0.25) is 5.91 Å². The molecule has 1 aliphatic rings. The van der Waals surface area contributed by atoms with Crippen molar-refractivity contribution in [2.24, 2.45) is 0 Å². The first-order chi connectivity index (χ1) is 14.5. The van der Waals surface area contributed by atoms with Gasteiger partial charge >= 0.3 is 5.97 Å². The second kappa shape index (κ2) is 8.07. The molecule has 2 amide bonds. The van der Waals surface area contributed by atoms with E-state index in [1.165, 1.54) is 23.5 Å². The summed E-state index contributed by atoms with van der Waals surface area (Å²) >= 11 is 1.37.